The Morgan fingerprint density at radius 3 is 2.58 bits per heavy atom. The molecule has 0 atom stereocenters. The van der Waals surface area contributed by atoms with E-state index in [1.165, 1.54) is 12.8 Å². The zero-order valence-electron chi connectivity index (χ0n) is 16.0. The minimum absolute atomic E-state index is 0. The van der Waals surface area contributed by atoms with Crippen molar-refractivity contribution in [3.8, 4) is 0 Å². The average Bonchev–Trinajstić information content (AvgIpc) is 2.64. The van der Waals surface area contributed by atoms with Crippen molar-refractivity contribution < 1.29 is 4.79 Å². The minimum Gasteiger partial charge on any atom is -0.356 e. The van der Waals surface area contributed by atoms with Crippen LogP contribution in [0.1, 0.15) is 37.7 Å². The summed E-state index contributed by atoms with van der Waals surface area (Å²) < 4.78 is 0. The number of rotatable bonds is 11. The van der Waals surface area contributed by atoms with Gasteiger partial charge in [-0.15, -0.1) is 30.6 Å². The summed E-state index contributed by atoms with van der Waals surface area (Å²) in [4.78, 5) is 18.3. The van der Waals surface area contributed by atoms with Crippen LogP contribution in [0.25, 0.3) is 0 Å². The van der Waals surface area contributed by atoms with E-state index in [0.29, 0.717) is 19.5 Å². The highest BCUT2D eigenvalue weighted by atomic mass is 127. The van der Waals surface area contributed by atoms with Crippen molar-refractivity contribution in [3.05, 3.63) is 48.6 Å². The highest BCUT2D eigenvalue weighted by molar-refractivity contribution is 14.0. The fourth-order valence-corrected chi connectivity index (χ4v) is 2.48. The molecule has 5 nitrogen and oxygen atoms in total. The van der Waals surface area contributed by atoms with Crippen molar-refractivity contribution in [2.45, 2.75) is 38.6 Å². The van der Waals surface area contributed by atoms with Gasteiger partial charge in [-0.3, -0.25) is 9.79 Å². The van der Waals surface area contributed by atoms with Crippen LogP contribution in [0, 0.1) is 0 Å². The second kappa shape index (κ2) is 15.7. The summed E-state index contributed by atoms with van der Waals surface area (Å²) in [5, 5.41) is 6.18. The van der Waals surface area contributed by atoms with Crippen molar-refractivity contribution in [2.75, 3.05) is 27.2 Å². The Morgan fingerprint density at radius 2 is 1.92 bits per heavy atom. The first-order chi connectivity index (χ1) is 12.2. The molecule has 0 fully saturated rings. The van der Waals surface area contributed by atoms with E-state index < -0.39 is 0 Å². The second-order valence-electron chi connectivity index (χ2n) is 6.05. The number of guanidine groups is 1. The van der Waals surface area contributed by atoms with E-state index in [-0.39, 0.29) is 29.9 Å². The maximum absolute atomic E-state index is 11.9. The molecule has 0 aliphatic heterocycles. The summed E-state index contributed by atoms with van der Waals surface area (Å²) >= 11 is 0. The van der Waals surface area contributed by atoms with E-state index in [1.54, 1.807) is 7.05 Å². The van der Waals surface area contributed by atoms with Crippen molar-refractivity contribution in [1.29, 1.82) is 0 Å². The van der Waals surface area contributed by atoms with Crippen molar-refractivity contribution in [2.24, 2.45) is 4.99 Å². The first kappa shape index (κ1) is 24.4. The first-order valence-electron chi connectivity index (χ1n) is 9.00. The van der Waals surface area contributed by atoms with Crippen LogP contribution in [0.4, 0.5) is 0 Å². The maximum atomic E-state index is 11.9. The Hall–Kier alpha value is -1.57. The molecule has 1 aromatic carbocycles. The fraction of sp³-hybridized carbons (Fsp3) is 0.500. The summed E-state index contributed by atoms with van der Waals surface area (Å²) in [5.74, 6) is 0.874. The van der Waals surface area contributed by atoms with Crippen LogP contribution in [0.15, 0.2) is 48.0 Å². The first-order valence-corrected chi connectivity index (χ1v) is 9.00. The van der Waals surface area contributed by atoms with Crippen LogP contribution in [-0.2, 0) is 11.3 Å². The van der Waals surface area contributed by atoms with Gasteiger partial charge in [0.05, 0.1) is 0 Å². The van der Waals surface area contributed by atoms with E-state index in [0.717, 1.165) is 30.9 Å². The maximum Gasteiger partial charge on any atom is 0.222 e. The third kappa shape index (κ3) is 11.1. The highest BCUT2D eigenvalue weighted by Crippen LogP contribution is 2.01. The molecule has 0 unspecified atom stereocenters. The predicted molar refractivity (Wildman–Crippen MR) is 121 cm³/mol. The number of unbranched alkanes of at least 4 members (excludes halogenated alkanes) is 3. The van der Waals surface area contributed by atoms with Crippen LogP contribution in [0.5, 0.6) is 0 Å². The number of allylic oxidation sites excluding steroid dienone is 1. The molecule has 1 amide bonds. The third-order valence-corrected chi connectivity index (χ3v) is 3.94. The van der Waals surface area contributed by atoms with E-state index >= 15 is 0 Å². The number of nitrogens with one attached hydrogen (secondary N) is 2. The molecule has 6 heteroatoms. The molecule has 0 heterocycles. The smallest absolute Gasteiger partial charge is 0.222 e. The molecule has 146 valence electrons. The van der Waals surface area contributed by atoms with E-state index in [9.17, 15) is 4.79 Å². The molecule has 0 aromatic heterocycles. The molecule has 0 aliphatic rings. The van der Waals surface area contributed by atoms with Crippen LogP contribution < -0.4 is 10.6 Å². The average molecular weight is 472 g/mol. The van der Waals surface area contributed by atoms with E-state index in [4.69, 9.17) is 0 Å². The normalized spacial score (nSPS) is 10.6. The summed E-state index contributed by atoms with van der Waals surface area (Å²) in [6.07, 6.45) is 6.98. The highest BCUT2D eigenvalue weighted by Gasteiger charge is 2.06. The SMILES string of the molecule is C=CCCCCCN(C)C(=NC)NCCC(=O)NCc1ccccc1.I. The Kier molecular flexibility index (Phi) is 14.7. The molecule has 0 saturated carbocycles. The molecular weight excluding hydrogens is 439 g/mol. The summed E-state index contributed by atoms with van der Waals surface area (Å²) in [5.41, 5.74) is 1.11. The molecule has 0 spiro atoms. The van der Waals surface area contributed by atoms with Gasteiger partial charge in [0, 0.05) is 40.2 Å². The van der Waals surface area contributed by atoms with Gasteiger partial charge in [0.2, 0.25) is 5.91 Å². The van der Waals surface area contributed by atoms with Crippen molar-refractivity contribution >= 4 is 35.8 Å². The largest absolute Gasteiger partial charge is 0.356 e. The zero-order valence-corrected chi connectivity index (χ0v) is 18.4. The number of hydrogen-bond acceptors (Lipinski definition) is 2. The molecular formula is C20H33IN4O. The van der Waals surface area contributed by atoms with Gasteiger partial charge in [0.15, 0.2) is 5.96 Å². The number of benzene rings is 1. The number of hydrogen-bond donors (Lipinski definition) is 2. The predicted octanol–water partition coefficient (Wildman–Crippen LogP) is 3.56. The standard InChI is InChI=1S/C20H32N4O.HI/c1-4-5-6-7-11-16-24(3)20(21-2)22-15-14-19(25)23-17-18-12-9-8-10-13-18;/h4,8-10,12-13H,1,5-7,11,14-17H2,2-3H3,(H,21,22)(H,23,25);1H. The second-order valence-corrected chi connectivity index (χ2v) is 6.05. The van der Waals surface area contributed by atoms with E-state index in [2.05, 4.69) is 27.1 Å². The van der Waals surface area contributed by atoms with Crippen molar-refractivity contribution in [3.63, 3.8) is 0 Å². The number of aliphatic imine (C=N–C) groups is 1. The van der Waals surface area contributed by atoms with E-state index in [1.807, 2.05) is 43.5 Å². The molecule has 2 N–H and O–H groups in total. The summed E-state index contributed by atoms with van der Waals surface area (Å²) in [6, 6.07) is 9.92. The lowest BCUT2D eigenvalue weighted by molar-refractivity contribution is -0.121. The van der Waals surface area contributed by atoms with Crippen LogP contribution in [-0.4, -0.2) is 44.0 Å². The fourth-order valence-electron chi connectivity index (χ4n) is 2.48. The quantitative estimate of drug-likeness (QED) is 0.170. The number of nitrogens with zero attached hydrogens (tertiary/aromatic N) is 2. The monoisotopic (exact) mass is 472 g/mol. The van der Waals surface area contributed by atoms with Gasteiger partial charge in [-0.25, -0.2) is 0 Å². The molecule has 0 aliphatic carbocycles. The van der Waals surface area contributed by atoms with Crippen LogP contribution in [0.2, 0.25) is 0 Å². The molecule has 1 aromatic rings. The molecule has 0 radical (unpaired) electrons. The Balaban J connectivity index is 0.00000625. The Labute approximate surface area is 175 Å². The van der Waals surface area contributed by atoms with Gasteiger partial charge in [-0.2, -0.15) is 0 Å². The van der Waals surface area contributed by atoms with Crippen LogP contribution in [0.3, 0.4) is 0 Å². The Morgan fingerprint density at radius 1 is 1.19 bits per heavy atom. The third-order valence-electron chi connectivity index (χ3n) is 3.94. The van der Waals surface area contributed by atoms with Crippen molar-refractivity contribution in [1.82, 2.24) is 15.5 Å². The van der Waals surface area contributed by atoms with Gasteiger partial charge < -0.3 is 15.5 Å². The number of halogens is 1. The summed E-state index contributed by atoms with van der Waals surface area (Å²) in [7, 11) is 3.80. The number of carbonyl (C=O) groups excluding carboxylic acids is 1. The lowest BCUT2D eigenvalue weighted by Crippen LogP contribution is -2.40. The van der Waals surface area contributed by atoms with Gasteiger partial charge in [-0.1, -0.05) is 42.8 Å². The van der Waals surface area contributed by atoms with Crippen LogP contribution >= 0.6 is 24.0 Å². The topological polar surface area (TPSA) is 56.7 Å². The van der Waals surface area contributed by atoms with Gasteiger partial charge in [0.25, 0.3) is 0 Å². The number of carbonyl (C=O) groups is 1. The number of amides is 1. The van der Waals surface area contributed by atoms with Gasteiger partial charge in [0.1, 0.15) is 0 Å². The lowest BCUT2D eigenvalue weighted by atomic mass is 10.2. The summed E-state index contributed by atoms with van der Waals surface area (Å²) in [6.45, 7) is 5.84. The lowest BCUT2D eigenvalue weighted by Gasteiger charge is -2.22. The minimum atomic E-state index is 0. The Bertz CT molecular complexity index is 534. The molecule has 26 heavy (non-hydrogen) atoms. The molecule has 1 rings (SSSR count). The van der Waals surface area contributed by atoms with Gasteiger partial charge >= 0.3 is 0 Å². The molecule has 0 bridgehead atoms. The van der Waals surface area contributed by atoms with Gasteiger partial charge in [-0.05, 0) is 24.8 Å². The zero-order chi connectivity index (χ0) is 18.3. The molecule has 0 saturated heterocycles.